The van der Waals surface area contributed by atoms with E-state index in [0.717, 1.165) is 27.6 Å². The lowest BCUT2D eigenvalue weighted by Gasteiger charge is -2.36. The predicted molar refractivity (Wildman–Crippen MR) is 129 cm³/mol. The number of amides is 1. The average Bonchev–Trinajstić information content (AvgIpc) is 3.20. The second-order valence-corrected chi connectivity index (χ2v) is 8.67. The number of amidine groups is 1. The Kier molecular flexibility index (Phi) is 6.93. The number of hydrogen-bond acceptors (Lipinski definition) is 7. The van der Waals surface area contributed by atoms with E-state index < -0.39 is 6.04 Å². The molecule has 1 amide bonds. The number of nitrogens with zero attached hydrogens (tertiary/aromatic N) is 3. The van der Waals surface area contributed by atoms with E-state index >= 15 is 0 Å². The van der Waals surface area contributed by atoms with Crippen molar-refractivity contribution in [2.24, 2.45) is 4.99 Å². The lowest BCUT2D eigenvalue weighted by Crippen LogP contribution is -2.38. The molecule has 0 saturated carbocycles. The molecule has 33 heavy (non-hydrogen) atoms. The molecule has 0 radical (unpaired) electrons. The SMILES string of the molecule is CCOC(=O)C1=C(C)N=C2SC=C(CC(=O)NCc3ccncc3)N2C1c1ccc(C)cc1. The van der Waals surface area contributed by atoms with Gasteiger partial charge in [-0.3, -0.25) is 9.78 Å². The summed E-state index contributed by atoms with van der Waals surface area (Å²) in [5.41, 5.74) is 4.98. The molecule has 1 N–H and O–H groups in total. The molecule has 1 aromatic heterocycles. The molecule has 1 aromatic carbocycles. The highest BCUT2D eigenvalue weighted by atomic mass is 32.2. The van der Waals surface area contributed by atoms with Crippen LogP contribution in [0.3, 0.4) is 0 Å². The summed E-state index contributed by atoms with van der Waals surface area (Å²) in [7, 11) is 0. The summed E-state index contributed by atoms with van der Waals surface area (Å²) in [5, 5.41) is 5.65. The third-order valence-electron chi connectivity index (χ3n) is 5.47. The first kappa shape index (κ1) is 22.8. The Bertz CT molecular complexity index is 1140. The smallest absolute Gasteiger partial charge is 0.338 e. The molecule has 8 heteroatoms. The van der Waals surface area contributed by atoms with Crippen LogP contribution in [0.1, 0.15) is 43.0 Å². The number of benzene rings is 1. The molecular weight excluding hydrogens is 436 g/mol. The quantitative estimate of drug-likeness (QED) is 0.620. The minimum absolute atomic E-state index is 0.105. The van der Waals surface area contributed by atoms with Gasteiger partial charge < -0.3 is 15.0 Å². The first-order chi connectivity index (χ1) is 16.0. The minimum atomic E-state index is -0.411. The molecule has 2 aromatic rings. The molecular formula is C25H26N4O3S. The number of carbonyl (C=O) groups is 2. The summed E-state index contributed by atoms with van der Waals surface area (Å²) >= 11 is 1.46. The molecule has 0 fully saturated rings. The maximum absolute atomic E-state index is 12.9. The summed E-state index contributed by atoms with van der Waals surface area (Å²) in [4.78, 5) is 36.4. The number of thioether (sulfide) groups is 1. The number of aromatic nitrogens is 1. The molecule has 2 aliphatic heterocycles. The van der Waals surface area contributed by atoms with Gasteiger partial charge >= 0.3 is 5.97 Å². The number of pyridine rings is 1. The first-order valence-corrected chi connectivity index (χ1v) is 11.7. The third kappa shape index (κ3) is 5.01. The molecule has 0 saturated heterocycles. The van der Waals surface area contributed by atoms with Gasteiger partial charge in [0.25, 0.3) is 0 Å². The van der Waals surface area contributed by atoms with Gasteiger partial charge in [0.2, 0.25) is 5.91 Å². The number of aryl methyl sites for hydroxylation is 1. The Morgan fingerprint density at radius 2 is 1.85 bits per heavy atom. The van der Waals surface area contributed by atoms with E-state index in [2.05, 4.69) is 15.3 Å². The number of rotatable bonds is 7. The van der Waals surface area contributed by atoms with E-state index in [9.17, 15) is 9.59 Å². The Balaban J connectivity index is 1.60. The highest BCUT2D eigenvalue weighted by molar-refractivity contribution is 8.16. The van der Waals surface area contributed by atoms with Crippen molar-refractivity contribution >= 4 is 28.8 Å². The van der Waals surface area contributed by atoms with E-state index in [4.69, 9.17) is 4.74 Å². The van der Waals surface area contributed by atoms with Crippen molar-refractivity contribution in [1.82, 2.24) is 15.2 Å². The van der Waals surface area contributed by atoms with E-state index in [1.165, 1.54) is 11.8 Å². The Labute approximate surface area is 197 Å². The van der Waals surface area contributed by atoms with Crippen molar-refractivity contribution in [1.29, 1.82) is 0 Å². The molecule has 0 aliphatic carbocycles. The standard InChI is InChI=1S/C25H26N4O3S/c1-4-32-24(31)22-17(3)28-25-29(23(22)19-7-5-16(2)6-8-19)20(15-33-25)13-21(30)27-14-18-9-11-26-12-10-18/h5-12,15,23H,4,13-14H2,1-3H3,(H,27,30). The molecule has 7 nitrogen and oxygen atoms in total. The largest absolute Gasteiger partial charge is 0.463 e. The fraction of sp³-hybridized carbons (Fsp3) is 0.280. The summed E-state index contributed by atoms with van der Waals surface area (Å²) < 4.78 is 5.38. The van der Waals surface area contributed by atoms with Crippen LogP contribution in [0.15, 0.2) is 76.2 Å². The average molecular weight is 463 g/mol. The van der Waals surface area contributed by atoms with Crippen molar-refractivity contribution < 1.29 is 14.3 Å². The van der Waals surface area contributed by atoms with Crippen molar-refractivity contribution in [3.05, 3.63) is 87.9 Å². The lowest BCUT2D eigenvalue weighted by atomic mass is 9.93. The topological polar surface area (TPSA) is 83.9 Å². The number of nitrogens with one attached hydrogen (secondary N) is 1. The number of carbonyl (C=O) groups excluding carboxylic acids is 2. The van der Waals surface area contributed by atoms with Crippen LogP contribution >= 0.6 is 11.8 Å². The summed E-state index contributed by atoms with van der Waals surface area (Å²) in [5.74, 6) is -0.492. The van der Waals surface area contributed by atoms with Crippen LogP contribution in [0.2, 0.25) is 0 Å². The molecule has 4 rings (SSSR count). The number of fused-ring (bicyclic) bond motifs is 1. The van der Waals surface area contributed by atoms with Crippen LogP contribution in [0.25, 0.3) is 0 Å². The van der Waals surface area contributed by atoms with E-state index in [0.29, 0.717) is 17.8 Å². The number of hydrogen-bond donors (Lipinski definition) is 1. The molecule has 0 spiro atoms. The molecule has 1 unspecified atom stereocenters. The van der Waals surface area contributed by atoms with Gasteiger partial charge in [0.15, 0.2) is 5.17 Å². The van der Waals surface area contributed by atoms with Gasteiger partial charge in [-0.2, -0.15) is 0 Å². The summed E-state index contributed by atoms with van der Waals surface area (Å²) in [6.07, 6.45) is 3.58. The van der Waals surface area contributed by atoms with Crippen LogP contribution in [0.4, 0.5) is 0 Å². The maximum atomic E-state index is 12.9. The molecule has 2 aliphatic rings. The number of esters is 1. The first-order valence-electron chi connectivity index (χ1n) is 10.8. The van der Waals surface area contributed by atoms with Crippen molar-refractivity contribution in [3.63, 3.8) is 0 Å². The zero-order chi connectivity index (χ0) is 23.4. The number of ether oxygens (including phenoxy) is 1. The van der Waals surface area contributed by atoms with E-state index in [1.54, 1.807) is 19.3 Å². The van der Waals surface area contributed by atoms with Gasteiger partial charge in [0.05, 0.1) is 30.3 Å². The Morgan fingerprint density at radius 1 is 1.12 bits per heavy atom. The van der Waals surface area contributed by atoms with Crippen molar-refractivity contribution in [2.75, 3.05) is 6.61 Å². The van der Waals surface area contributed by atoms with Crippen molar-refractivity contribution in [3.8, 4) is 0 Å². The van der Waals surface area contributed by atoms with Crippen LogP contribution in [0.5, 0.6) is 0 Å². The monoisotopic (exact) mass is 462 g/mol. The number of allylic oxidation sites excluding steroid dienone is 1. The highest BCUT2D eigenvalue weighted by Crippen LogP contribution is 2.44. The van der Waals surface area contributed by atoms with Gasteiger partial charge in [-0.05, 0) is 49.4 Å². The van der Waals surface area contributed by atoms with Crippen LogP contribution < -0.4 is 5.32 Å². The Morgan fingerprint density at radius 3 is 2.55 bits per heavy atom. The fourth-order valence-corrected chi connectivity index (χ4v) is 4.80. The fourth-order valence-electron chi connectivity index (χ4n) is 3.83. The second kappa shape index (κ2) is 10.0. The lowest BCUT2D eigenvalue weighted by molar-refractivity contribution is -0.139. The van der Waals surface area contributed by atoms with Gasteiger partial charge in [0.1, 0.15) is 0 Å². The third-order valence-corrected chi connectivity index (χ3v) is 6.36. The predicted octanol–water partition coefficient (Wildman–Crippen LogP) is 4.23. The van der Waals surface area contributed by atoms with E-state index in [1.807, 2.05) is 60.6 Å². The number of aliphatic imine (C=N–C) groups is 1. The minimum Gasteiger partial charge on any atom is -0.463 e. The second-order valence-electron chi connectivity index (χ2n) is 7.83. The van der Waals surface area contributed by atoms with Gasteiger partial charge in [-0.25, -0.2) is 9.79 Å². The van der Waals surface area contributed by atoms with Gasteiger partial charge in [-0.15, -0.1) is 0 Å². The maximum Gasteiger partial charge on any atom is 0.338 e. The molecule has 3 heterocycles. The van der Waals surface area contributed by atoms with Crippen LogP contribution in [-0.2, 0) is 20.9 Å². The molecule has 170 valence electrons. The van der Waals surface area contributed by atoms with Crippen LogP contribution in [0, 0.1) is 6.92 Å². The zero-order valence-corrected chi connectivity index (χ0v) is 19.7. The normalized spacial score (nSPS) is 17.3. The molecule has 1 atom stereocenters. The zero-order valence-electron chi connectivity index (χ0n) is 18.9. The van der Waals surface area contributed by atoms with Crippen molar-refractivity contribution in [2.45, 2.75) is 39.8 Å². The van der Waals surface area contributed by atoms with E-state index in [-0.39, 0.29) is 24.9 Å². The van der Waals surface area contributed by atoms with Gasteiger partial charge in [0, 0.05) is 24.6 Å². The molecule has 0 bridgehead atoms. The summed E-state index contributed by atoms with van der Waals surface area (Å²) in [6.45, 7) is 6.35. The van der Waals surface area contributed by atoms with Gasteiger partial charge in [-0.1, -0.05) is 41.6 Å². The summed E-state index contributed by atoms with van der Waals surface area (Å²) in [6, 6.07) is 11.4. The Hall–Kier alpha value is -3.39. The highest BCUT2D eigenvalue weighted by Gasteiger charge is 2.41. The van der Waals surface area contributed by atoms with Crippen LogP contribution in [-0.4, -0.2) is 33.5 Å².